The fourth-order valence-corrected chi connectivity index (χ4v) is 2.59. The molecule has 0 atom stereocenters. The minimum absolute atomic E-state index is 0.00470. The predicted octanol–water partition coefficient (Wildman–Crippen LogP) is 4.69. The SMILES string of the molecule is CC(=O)c1[nH]c2cc(Br)ccc2ccc2ccc[nH]c1-2. The summed E-state index contributed by atoms with van der Waals surface area (Å²) in [4.78, 5) is 18.4. The van der Waals surface area contributed by atoms with Gasteiger partial charge in [-0.25, -0.2) is 0 Å². The highest BCUT2D eigenvalue weighted by Gasteiger charge is 2.10. The average molecular weight is 329 g/mol. The highest BCUT2D eigenvalue weighted by molar-refractivity contribution is 9.10. The van der Waals surface area contributed by atoms with Crippen molar-refractivity contribution < 1.29 is 4.79 Å². The number of H-pyrrole nitrogens is 2. The van der Waals surface area contributed by atoms with E-state index < -0.39 is 0 Å². The maximum Gasteiger partial charge on any atom is 0.178 e. The molecule has 0 bridgehead atoms. The number of Topliss-reactive ketones (excluding diaryl/α,β-unsaturated/α-hetero) is 1. The van der Waals surface area contributed by atoms with Gasteiger partial charge in [0.1, 0.15) is 5.69 Å². The van der Waals surface area contributed by atoms with Gasteiger partial charge < -0.3 is 9.97 Å². The van der Waals surface area contributed by atoms with Crippen molar-refractivity contribution in [2.45, 2.75) is 6.92 Å². The van der Waals surface area contributed by atoms with Gasteiger partial charge in [0.15, 0.2) is 5.78 Å². The number of carbonyl (C=O) groups is 1. The molecule has 0 spiro atoms. The van der Waals surface area contributed by atoms with Crippen molar-refractivity contribution in [3.63, 3.8) is 0 Å². The Morgan fingerprint density at radius 2 is 1.95 bits per heavy atom. The summed E-state index contributed by atoms with van der Waals surface area (Å²) in [5.74, 6) is -0.00470. The number of halogens is 1. The third-order valence-corrected chi connectivity index (χ3v) is 3.70. The molecule has 4 heteroatoms. The van der Waals surface area contributed by atoms with Gasteiger partial charge in [0.05, 0.1) is 5.69 Å². The number of aromatic amines is 2. The summed E-state index contributed by atoms with van der Waals surface area (Å²) < 4.78 is 0.970. The van der Waals surface area contributed by atoms with E-state index in [1.807, 2.05) is 48.7 Å². The van der Waals surface area contributed by atoms with Crippen LogP contribution in [0.5, 0.6) is 0 Å². The molecule has 2 N–H and O–H groups in total. The monoisotopic (exact) mass is 328 g/mol. The third kappa shape index (κ3) is 2.34. The Hall–Kier alpha value is -2.07. The quantitative estimate of drug-likeness (QED) is 0.625. The molecule has 2 heterocycles. The molecule has 100 valence electrons. The molecule has 2 aliphatic heterocycles. The lowest BCUT2D eigenvalue weighted by Crippen LogP contribution is -2.01. The molecule has 0 aromatic heterocycles. The summed E-state index contributed by atoms with van der Waals surface area (Å²) in [5.41, 5.74) is 3.27. The lowest BCUT2D eigenvalue weighted by Gasteiger charge is -2.09. The summed E-state index contributed by atoms with van der Waals surface area (Å²) >= 11 is 3.46. The maximum atomic E-state index is 12.0. The number of hydrogen-bond acceptors (Lipinski definition) is 1. The molecule has 3 nitrogen and oxygen atoms in total. The minimum Gasteiger partial charge on any atom is -0.359 e. The van der Waals surface area contributed by atoms with E-state index in [9.17, 15) is 4.79 Å². The van der Waals surface area contributed by atoms with Crippen molar-refractivity contribution >= 4 is 32.6 Å². The Labute approximate surface area is 124 Å². The first-order valence-electron chi connectivity index (χ1n) is 6.29. The van der Waals surface area contributed by atoms with Crippen LogP contribution in [0.2, 0.25) is 0 Å². The molecule has 0 unspecified atom stereocenters. The van der Waals surface area contributed by atoms with E-state index >= 15 is 0 Å². The number of fused-ring (bicyclic) bond motifs is 2. The minimum atomic E-state index is -0.00470. The molecule has 3 rings (SSSR count). The van der Waals surface area contributed by atoms with E-state index in [0.717, 1.165) is 26.6 Å². The average Bonchev–Trinajstić information content (AvgIpc) is 2.41. The predicted molar refractivity (Wildman–Crippen MR) is 84.6 cm³/mol. The zero-order chi connectivity index (χ0) is 14.1. The molecule has 0 aliphatic carbocycles. The number of rotatable bonds is 1. The summed E-state index contributed by atoms with van der Waals surface area (Å²) in [6, 6.07) is 13.9. The van der Waals surface area contributed by atoms with Gasteiger partial charge in [-0.15, -0.1) is 0 Å². The Kier molecular flexibility index (Phi) is 3.32. The Morgan fingerprint density at radius 1 is 1.15 bits per heavy atom. The third-order valence-electron chi connectivity index (χ3n) is 3.21. The summed E-state index contributed by atoms with van der Waals surface area (Å²) in [5, 5.41) is 1.04. The number of aromatic nitrogens is 2. The molecule has 0 saturated carbocycles. The molecule has 0 radical (unpaired) electrons. The fourth-order valence-electron chi connectivity index (χ4n) is 2.23. The van der Waals surface area contributed by atoms with Crippen LogP contribution in [0.3, 0.4) is 0 Å². The molecule has 20 heavy (non-hydrogen) atoms. The van der Waals surface area contributed by atoms with Crippen molar-refractivity contribution in [1.29, 1.82) is 0 Å². The van der Waals surface area contributed by atoms with Gasteiger partial charge in [0, 0.05) is 28.7 Å². The number of pyridine rings is 1. The second-order valence-electron chi connectivity index (χ2n) is 4.62. The van der Waals surface area contributed by atoms with Crippen molar-refractivity contribution in [3.05, 3.63) is 58.8 Å². The summed E-state index contributed by atoms with van der Waals surface area (Å²) in [6.07, 6.45) is 1.82. The van der Waals surface area contributed by atoms with Crippen molar-refractivity contribution in [2.75, 3.05) is 0 Å². The van der Waals surface area contributed by atoms with E-state index in [4.69, 9.17) is 0 Å². The lowest BCUT2D eigenvalue weighted by atomic mass is 10.1. The molecular formula is C16H13BrN2O. The van der Waals surface area contributed by atoms with Crippen LogP contribution in [-0.2, 0) is 0 Å². The van der Waals surface area contributed by atoms with Gasteiger partial charge >= 0.3 is 0 Å². The molecule has 0 amide bonds. The van der Waals surface area contributed by atoms with Crippen molar-refractivity contribution in [2.24, 2.45) is 0 Å². The second-order valence-corrected chi connectivity index (χ2v) is 5.54. The van der Waals surface area contributed by atoms with Gasteiger partial charge in [-0.05, 0) is 23.6 Å². The van der Waals surface area contributed by atoms with E-state index in [-0.39, 0.29) is 5.78 Å². The summed E-state index contributed by atoms with van der Waals surface area (Å²) in [6.45, 7) is 1.57. The molecule has 1 aromatic carbocycles. The van der Waals surface area contributed by atoms with Crippen LogP contribution in [-0.4, -0.2) is 15.8 Å². The van der Waals surface area contributed by atoms with Crippen LogP contribution >= 0.6 is 15.9 Å². The van der Waals surface area contributed by atoms with Crippen LogP contribution in [0.15, 0.2) is 53.1 Å². The zero-order valence-electron chi connectivity index (χ0n) is 10.9. The van der Waals surface area contributed by atoms with Crippen LogP contribution in [0.4, 0.5) is 0 Å². The first-order chi connectivity index (χ1) is 9.65. The van der Waals surface area contributed by atoms with Crippen LogP contribution in [0.1, 0.15) is 17.4 Å². The zero-order valence-corrected chi connectivity index (χ0v) is 12.5. The maximum absolute atomic E-state index is 12.0. The normalized spacial score (nSPS) is 10.7. The molecule has 0 fully saturated rings. The van der Waals surface area contributed by atoms with Crippen LogP contribution in [0.25, 0.3) is 22.2 Å². The van der Waals surface area contributed by atoms with Crippen molar-refractivity contribution in [3.8, 4) is 11.3 Å². The first-order valence-corrected chi connectivity index (χ1v) is 7.08. The number of hydrogen-bond donors (Lipinski definition) is 2. The van der Waals surface area contributed by atoms with Crippen LogP contribution < -0.4 is 0 Å². The van der Waals surface area contributed by atoms with Crippen LogP contribution in [0, 0.1) is 0 Å². The van der Waals surface area contributed by atoms with Gasteiger partial charge in [0.2, 0.25) is 0 Å². The molecule has 1 aromatic rings. The standard InChI is InChI=1S/C16H13BrN2O/c1-10(20)15-16-12(3-2-8-18-16)5-4-11-6-7-13(17)9-14(11)19-15/h2-9,18-19H,1H3. The fraction of sp³-hybridized carbons (Fsp3) is 0.0625. The second kappa shape index (κ2) is 5.13. The molecular weight excluding hydrogens is 316 g/mol. The lowest BCUT2D eigenvalue weighted by molar-refractivity contribution is 0.101. The number of nitrogens with one attached hydrogen (secondary N) is 2. The number of carbonyl (C=O) groups excluding carboxylic acids is 1. The Balaban J connectivity index is 2.50. The largest absolute Gasteiger partial charge is 0.359 e. The smallest absolute Gasteiger partial charge is 0.178 e. The summed E-state index contributed by atoms with van der Waals surface area (Å²) in [7, 11) is 0. The number of benzene rings is 1. The Bertz CT molecular complexity index is 814. The van der Waals surface area contributed by atoms with Gasteiger partial charge in [-0.1, -0.05) is 40.2 Å². The number of ketones is 1. The first kappa shape index (κ1) is 12.9. The van der Waals surface area contributed by atoms with Gasteiger partial charge in [0.25, 0.3) is 0 Å². The van der Waals surface area contributed by atoms with E-state index in [1.54, 1.807) is 6.92 Å². The molecule has 0 saturated heterocycles. The van der Waals surface area contributed by atoms with E-state index in [0.29, 0.717) is 5.69 Å². The highest BCUT2D eigenvalue weighted by Crippen LogP contribution is 2.24. The van der Waals surface area contributed by atoms with E-state index in [2.05, 4.69) is 25.9 Å². The highest BCUT2D eigenvalue weighted by atomic mass is 79.9. The molecule has 2 aliphatic rings. The van der Waals surface area contributed by atoms with Crippen molar-refractivity contribution in [1.82, 2.24) is 9.97 Å². The Morgan fingerprint density at radius 3 is 2.75 bits per heavy atom. The topological polar surface area (TPSA) is 48.6 Å². The van der Waals surface area contributed by atoms with Gasteiger partial charge in [-0.3, -0.25) is 4.79 Å². The van der Waals surface area contributed by atoms with E-state index in [1.165, 1.54) is 0 Å². The van der Waals surface area contributed by atoms with Gasteiger partial charge in [-0.2, -0.15) is 0 Å².